The summed E-state index contributed by atoms with van der Waals surface area (Å²) in [6.45, 7) is 1.50. The highest BCUT2D eigenvalue weighted by atomic mass is 19.4. The van der Waals surface area contributed by atoms with Crippen LogP contribution in [0.1, 0.15) is 21.8 Å². The number of alkyl halides is 3. The van der Waals surface area contributed by atoms with Crippen LogP contribution in [0.5, 0.6) is 5.88 Å². The third-order valence-corrected chi connectivity index (χ3v) is 4.31. The predicted molar refractivity (Wildman–Crippen MR) is 98.6 cm³/mol. The summed E-state index contributed by atoms with van der Waals surface area (Å²) >= 11 is 0. The monoisotopic (exact) mass is 456 g/mol. The maximum absolute atomic E-state index is 13.2. The van der Waals surface area contributed by atoms with E-state index in [9.17, 15) is 27.2 Å². The number of primary amides is 1. The fourth-order valence-corrected chi connectivity index (χ4v) is 2.70. The lowest BCUT2D eigenvalue weighted by molar-refractivity contribution is -0.204. The quantitative estimate of drug-likeness (QED) is 0.428. The average molecular weight is 456 g/mol. The second-order valence-corrected chi connectivity index (χ2v) is 6.58. The van der Waals surface area contributed by atoms with Crippen molar-refractivity contribution in [1.29, 1.82) is 0 Å². The number of hydrogen-bond donors (Lipinski definition) is 1. The normalized spacial score (nSPS) is 12.4. The van der Waals surface area contributed by atoms with E-state index in [0.29, 0.717) is 22.6 Å². The standard InChI is InChI=1S/C19H16F4N4O5/c1-9-12(15(26-32-9)10-3-5-11(20)6-4-10)8-30-14-7-13(27(2)25-14)18(29)31-16(17(24)28)19(21,22)23/h3-7,16H,8H2,1-2H3,(H2,24,28). The zero-order chi connectivity index (χ0) is 23.6. The van der Waals surface area contributed by atoms with Gasteiger partial charge in [-0.15, -0.1) is 5.10 Å². The second-order valence-electron chi connectivity index (χ2n) is 6.58. The minimum absolute atomic E-state index is 0.118. The Bertz CT molecular complexity index is 1140. The molecule has 0 saturated heterocycles. The molecule has 0 spiro atoms. The van der Waals surface area contributed by atoms with Crippen molar-refractivity contribution in [3.8, 4) is 17.1 Å². The molecular weight excluding hydrogens is 440 g/mol. The average Bonchev–Trinajstić information content (AvgIpc) is 3.26. The maximum Gasteiger partial charge on any atom is 0.434 e. The lowest BCUT2D eigenvalue weighted by Crippen LogP contribution is -2.44. The van der Waals surface area contributed by atoms with Gasteiger partial charge in [-0.1, -0.05) is 5.16 Å². The van der Waals surface area contributed by atoms with E-state index in [4.69, 9.17) is 9.26 Å². The summed E-state index contributed by atoms with van der Waals surface area (Å²) in [6, 6.07) is 6.54. The second kappa shape index (κ2) is 8.69. The highest BCUT2D eigenvalue weighted by Gasteiger charge is 2.47. The number of carbonyl (C=O) groups is 2. The molecule has 170 valence electrons. The van der Waals surface area contributed by atoms with Crippen molar-refractivity contribution in [2.45, 2.75) is 25.8 Å². The van der Waals surface area contributed by atoms with Gasteiger partial charge in [-0.05, 0) is 31.2 Å². The number of aromatic nitrogens is 3. The Balaban J connectivity index is 1.76. The van der Waals surface area contributed by atoms with E-state index in [1.54, 1.807) is 6.92 Å². The maximum atomic E-state index is 13.2. The Morgan fingerprint density at radius 2 is 1.91 bits per heavy atom. The summed E-state index contributed by atoms with van der Waals surface area (Å²) in [5.74, 6) is -3.46. The summed E-state index contributed by atoms with van der Waals surface area (Å²) < 4.78 is 67.4. The van der Waals surface area contributed by atoms with Crippen molar-refractivity contribution in [1.82, 2.24) is 14.9 Å². The van der Waals surface area contributed by atoms with Crippen molar-refractivity contribution in [3.05, 3.63) is 53.2 Å². The molecule has 2 heterocycles. The van der Waals surface area contributed by atoms with Crippen LogP contribution in [0.2, 0.25) is 0 Å². The third-order valence-electron chi connectivity index (χ3n) is 4.31. The first-order chi connectivity index (χ1) is 15.0. The van der Waals surface area contributed by atoms with Crippen LogP contribution in [0.3, 0.4) is 0 Å². The van der Waals surface area contributed by atoms with Gasteiger partial charge >= 0.3 is 12.1 Å². The third kappa shape index (κ3) is 4.87. The number of esters is 1. The van der Waals surface area contributed by atoms with Crippen LogP contribution in [0.4, 0.5) is 17.6 Å². The molecule has 0 radical (unpaired) electrons. The molecule has 0 saturated carbocycles. The first-order valence-electron chi connectivity index (χ1n) is 8.92. The number of nitrogens with zero attached hydrogens (tertiary/aromatic N) is 3. The van der Waals surface area contributed by atoms with Crippen molar-refractivity contribution in [2.24, 2.45) is 12.8 Å². The minimum Gasteiger partial charge on any atom is -0.471 e. The number of halogens is 4. The number of rotatable bonds is 7. The van der Waals surface area contributed by atoms with E-state index >= 15 is 0 Å². The fourth-order valence-electron chi connectivity index (χ4n) is 2.70. The van der Waals surface area contributed by atoms with E-state index in [-0.39, 0.29) is 12.5 Å². The number of carbonyl (C=O) groups excluding carboxylic acids is 2. The van der Waals surface area contributed by atoms with E-state index in [1.165, 1.54) is 31.3 Å². The van der Waals surface area contributed by atoms with Crippen molar-refractivity contribution >= 4 is 11.9 Å². The molecule has 0 bridgehead atoms. The SMILES string of the molecule is Cc1onc(-c2ccc(F)cc2)c1COc1cc(C(=O)OC(C(N)=O)C(F)(F)F)n(C)n1. The molecule has 0 aliphatic carbocycles. The molecule has 13 heteroatoms. The zero-order valence-corrected chi connectivity index (χ0v) is 16.6. The van der Waals surface area contributed by atoms with E-state index in [2.05, 4.69) is 20.7 Å². The number of aryl methyl sites for hydroxylation is 2. The van der Waals surface area contributed by atoms with Crippen LogP contribution < -0.4 is 10.5 Å². The molecule has 1 amide bonds. The molecule has 1 atom stereocenters. The van der Waals surface area contributed by atoms with Crippen LogP contribution in [0.15, 0.2) is 34.9 Å². The molecule has 0 fully saturated rings. The highest BCUT2D eigenvalue weighted by molar-refractivity contribution is 5.91. The van der Waals surface area contributed by atoms with Gasteiger partial charge in [-0.3, -0.25) is 9.48 Å². The van der Waals surface area contributed by atoms with E-state index in [0.717, 1.165) is 10.7 Å². The van der Waals surface area contributed by atoms with Gasteiger partial charge in [-0.25, -0.2) is 9.18 Å². The van der Waals surface area contributed by atoms with Gasteiger partial charge in [0.15, 0.2) is 0 Å². The van der Waals surface area contributed by atoms with Crippen molar-refractivity contribution in [2.75, 3.05) is 0 Å². The van der Waals surface area contributed by atoms with E-state index < -0.39 is 35.7 Å². The van der Waals surface area contributed by atoms with Crippen LogP contribution in [-0.2, 0) is 23.2 Å². The van der Waals surface area contributed by atoms with Crippen LogP contribution in [0.25, 0.3) is 11.3 Å². The largest absolute Gasteiger partial charge is 0.471 e. The molecule has 9 nitrogen and oxygen atoms in total. The highest BCUT2D eigenvalue weighted by Crippen LogP contribution is 2.27. The molecule has 1 unspecified atom stereocenters. The number of nitrogens with two attached hydrogens (primary N) is 1. The zero-order valence-electron chi connectivity index (χ0n) is 16.6. The molecule has 32 heavy (non-hydrogen) atoms. The van der Waals surface area contributed by atoms with Crippen molar-refractivity contribution in [3.63, 3.8) is 0 Å². The van der Waals surface area contributed by atoms with Crippen molar-refractivity contribution < 1.29 is 41.1 Å². The molecule has 0 aliphatic heterocycles. The summed E-state index contributed by atoms with van der Waals surface area (Å²) in [5.41, 5.74) is 5.73. The summed E-state index contributed by atoms with van der Waals surface area (Å²) in [4.78, 5) is 23.1. The topological polar surface area (TPSA) is 122 Å². The lowest BCUT2D eigenvalue weighted by Gasteiger charge is -2.17. The number of ether oxygens (including phenoxy) is 2. The smallest absolute Gasteiger partial charge is 0.434 e. The van der Waals surface area contributed by atoms with Gasteiger partial charge in [0, 0.05) is 18.7 Å². The van der Waals surface area contributed by atoms with Crippen LogP contribution in [0, 0.1) is 12.7 Å². The van der Waals surface area contributed by atoms with Crippen LogP contribution in [-0.4, -0.2) is 39.1 Å². The number of hydrogen-bond acceptors (Lipinski definition) is 7. The predicted octanol–water partition coefficient (Wildman–Crippen LogP) is 2.67. The summed E-state index contributed by atoms with van der Waals surface area (Å²) in [5, 5.41) is 7.81. The Hall–Kier alpha value is -3.90. The Kier molecular flexibility index (Phi) is 6.18. The lowest BCUT2D eigenvalue weighted by atomic mass is 10.1. The van der Waals surface area contributed by atoms with Crippen LogP contribution >= 0.6 is 0 Å². The number of benzene rings is 1. The van der Waals surface area contributed by atoms with E-state index in [1.807, 2.05) is 0 Å². The molecule has 0 aliphatic rings. The molecule has 2 N–H and O–H groups in total. The first kappa shape index (κ1) is 22.8. The van der Waals surface area contributed by atoms with Gasteiger partial charge < -0.3 is 19.7 Å². The minimum atomic E-state index is -5.16. The summed E-state index contributed by atoms with van der Waals surface area (Å²) in [6.07, 6.45) is -8.27. The van der Waals surface area contributed by atoms with Gasteiger partial charge in [0.1, 0.15) is 29.6 Å². The van der Waals surface area contributed by atoms with Gasteiger partial charge in [-0.2, -0.15) is 13.2 Å². The Morgan fingerprint density at radius 1 is 1.25 bits per heavy atom. The Morgan fingerprint density at radius 3 is 2.50 bits per heavy atom. The first-order valence-corrected chi connectivity index (χ1v) is 8.92. The van der Waals surface area contributed by atoms with Gasteiger partial charge in [0.25, 0.3) is 12.0 Å². The fraction of sp³-hybridized carbons (Fsp3) is 0.263. The van der Waals surface area contributed by atoms with Gasteiger partial charge in [0.2, 0.25) is 5.88 Å². The molecule has 2 aromatic heterocycles. The number of amides is 1. The Labute approximate surface area is 177 Å². The molecular formula is C19H16F4N4O5. The molecule has 3 aromatic rings. The van der Waals surface area contributed by atoms with Gasteiger partial charge in [0.05, 0.1) is 5.56 Å². The molecule has 3 rings (SSSR count). The molecule has 1 aromatic carbocycles. The summed E-state index contributed by atoms with van der Waals surface area (Å²) in [7, 11) is 1.27.